The summed E-state index contributed by atoms with van der Waals surface area (Å²) in [7, 11) is 0. The fraction of sp³-hybridized carbons (Fsp3) is 0.462. The molecular formula is C13H17Cl2N3O. The fourth-order valence-electron chi connectivity index (χ4n) is 2.05. The van der Waals surface area contributed by atoms with Crippen LogP contribution in [0.5, 0.6) is 0 Å². The van der Waals surface area contributed by atoms with Crippen LogP contribution >= 0.6 is 23.2 Å². The Kier molecular flexibility index (Phi) is 4.55. The predicted octanol–water partition coefficient (Wildman–Crippen LogP) is 2.48. The summed E-state index contributed by atoms with van der Waals surface area (Å²) in [6, 6.07) is 5.42. The zero-order chi connectivity index (χ0) is 14.0. The highest BCUT2D eigenvalue weighted by Crippen LogP contribution is 2.26. The Hall–Kier alpha value is -0.970. The van der Waals surface area contributed by atoms with E-state index in [1.807, 2.05) is 13.0 Å². The summed E-state index contributed by atoms with van der Waals surface area (Å²) in [5, 5.41) is 13.5. The summed E-state index contributed by atoms with van der Waals surface area (Å²) >= 11 is 12.0. The number of nitrogens with two attached hydrogens (primary N) is 1. The smallest absolute Gasteiger partial charge is 0.189 e. The van der Waals surface area contributed by atoms with Crippen molar-refractivity contribution in [1.82, 2.24) is 5.32 Å². The first-order chi connectivity index (χ1) is 8.95. The van der Waals surface area contributed by atoms with Gasteiger partial charge in [-0.05, 0) is 37.5 Å². The van der Waals surface area contributed by atoms with Gasteiger partial charge in [0.2, 0.25) is 0 Å². The van der Waals surface area contributed by atoms with E-state index in [0.29, 0.717) is 28.8 Å². The Morgan fingerprint density at radius 1 is 1.47 bits per heavy atom. The second-order valence-corrected chi connectivity index (χ2v) is 5.67. The lowest BCUT2D eigenvalue weighted by Gasteiger charge is -2.28. The third-order valence-corrected chi connectivity index (χ3v) is 3.77. The molecule has 1 aromatic rings. The number of nitrogens with one attached hydrogen (secondary N) is 1. The van der Waals surface area contributed by atoms with Crippen molar-refractivity contribution in [3.63, 3.8) is 0 Å². The van der Waals surface area contributed by atoms with Crippen molar-refractivity contribution >= 4 is 29.2 Å². The van der Waals surface area contributed by atoms with E-state index in [4.69, 9.17) is 28.9 Å². The second kappa shape index (κ2) is 5.99. The molecule has 1 aliphatic rings. The summed E-state index contributed by atoms with van der Waals surface area (Å²) in [6.45, 7) is 1.95. The van der Waals surface area contributed by atoms with Gasteiger partial charge < -0.3 is 16.2 Å². The number of nitrogens with zero attached hydrogens (tertiary/aromatic N) is 1. The molecule has 0 bridgehead atoms. The molecule has 2 rings (SSSR count). The summed E-state index contributed by atoms with van der Waals surface area (Å²) < 4.78 is 0. The second-order valence-electron chi connectivity index (χ2n) is 4.83. The van der Waals surface area contributed by atoms with Gasteiger partial charge in [-0.2, -0.15) is 0 Å². The Morgan fingerprint density at radius 2 is 2.16 bits per heavy atom. The third-order valence-electron chi connectivity index (χ3n) is 3.20. The number of guanidine groups is 1. The quantitative estimate of drug-likeness (QED) is 0.593. The Bertz CT molecular complexity index is 487. The number of aliphatic hydroxyl groups is 1. The normalized spacial score (nSPS) is 24.7. The largest absolute Gasteiger partial charge is 0.393 e. The highest BCUT2D eigenvalue weighted by atomic mass is 35.5. The minimum atomic E-state index is -0.232. The van der Waals surface area contributed by atoms with E-state index in [2.05, 4.69) is 10.3 Å². The molecule has 0 heterocycles. The van der Waals surface area contributed by atoms with Crippen LogP contribution in [0.2, 0.25) is 10.0 Å². The van der Waals surface area contributed by atoms with Crippen molar-refractivity contribution in [3.05, 3.63) is 33.8 Å². The first-order valence-corrected chi connectivity index (χ1v) is 6.94. The van der Waals surface area contributed by atoms with Gasteiger partial charge >= 0.3 is 0 Å². The molecule has 1 aliphatic carbocycles. The Balaban J connectivity index is 1.98. The standard InChI is InChI=1S/C13H17Cl2N3O/c1-7(11-3-2-8(14)4-12(11)15)17-13(16)18-9-5-10(19)6-9/h2-4,7,9-10,19H,5-6H2,1H3,(H3,16,17,18). The van der Waals surface area contributed by atoms with E-state index in [-0.39, 0.29) is 18.2 Å². The summed E-state index contributed by atoms with van der Waals surface area (Å²) in [5.41, 5.74) is 6.75. The van der Waals surface area contributed by atoms with Gasteiger partial charge in [0.15, 0.2) is 5.96 Å². The molecule has 1 fully saturated rings. The van der Waals surface area contributed by atoms with Gasteiger partial charge in [0, 0.05) is 10.0 Å². The van der Waals surface area contributed by atoms with E-state index in [1.54, 1.807) is 12.1 Å². The molecule has 0 aliphatic heterocycles. The number of hydrogen-bond acceptors (Lipinski definition) is 2. The number of aliphatic hydroxyl groups excluding tert-OH is 1. The lowest BCUT2D eigenvalue weighted by Crippen LogP contribution is -2.39. The van der Waals surface area contributed by atoms with Crippen molar-refractivity contribution in [2.45, 2.75) is 38.0 Å². The number of rotatable bonds is 3. The van der Waals surface area contributed by atoms with E-state index >= 15 is 0 Å². The van der Waals surface area contributed by atoms with Crippen LogP contribution in [0.15, 0.2) is 23.2 Å². The first-order valence-electron chi connectivity index (χ1n) is 6.18. The van der Waals surface area contributed by atoms with Crippen molar-refractivity contribution in [2.24, 2.45) is 10.7 Å². The van der Waals surface area contributed by atoms with Gasteiger partial charge in [0.1, 0.15) is 0 Å². The molecule has 1 unspecified atom stereocenters. The lowest BCUT2D eigenvalue weighted by atomic mass is 9.90. The highest BCUT2D eigenvalue weighted by molar-refractivity contribution is 6.35. The van der Waals surface area contributed by atoms with Crippen molar-refractivity contribution in [3.8, 4) is 0 Å². The van der Waals surface area contributed by atoms with Crippen molar-refractivity contribution in [1.29, 1.82) is 0 Å². The third kappa shape index (κ3) is 3.75. The maximum Gasteiger partial charge on any atom is 0.189 e. The summed E-state index contributed by atoms with van der Waals surface area (Å²) in [4.78, 5) is 4.30. The van der Waals surface area contributed by atoms with Crippen LogP contribution < -0.4 is 11.1 Å². The minimum absolute atomic E-state index is 0.0569. The molecule has 104 valence electrons. The van der Waals surface area contributed by atoms with E-state index in [1.165, 1.54) is 0 Å². The molecule has 0 aromatic heterocycles. The average Bonchev–Trinajstić information content (AvgIpc) is 2.26. The van der Waals surface area contributed by atoms with Gasteiger partial charge in [-0.25, -0.2) is 4.99 Å². The van der Waals surface area contributed by atoms with Crippen LogP contribution in [0, 0.1) is 0 Å². The average molecular weight is 302 g/mol. The molecule has 0 radical (unpaired) electrons. The maximum atomic E-state index is 9.19. The highest BCUT2D eigenvalue weighted by Gasteiger charge is 2.27. The molecule has 0 saturated heterocycles. The van der Waals surface area contributed by atoms with Crippen LogP contribution in [0.25, 0.3) is 0 Å². The SMILES string of the molecule is CC(NC(N)=NC1CC(O)C1)c1ccc(Cl)cc1Cl. The number of halogens is 2. The maximum absolute atomic E-state index is 9.19. The predicted molar refractivity (Wildman–Crippen MR) is 78.7 cm³/mol. The monoisotopic (exact) mass is 301 g/mol. The molecule has 4 N–H and O–H groups in total. The lowest BCUT2D eigenvalue weighted by molar-refractivity contribution is 0.0776. The first kappa shape index (κ1) is 14.4. The van der Waals surface area contributed by atoms with Gasteiger partial charge in [-0.1, -0.05) is 29.3 Å². The zero-order valence-corrected chi connectivity index (χ0v) is 12.1. The van der Waals surface area contributed by atoms with Crippen LogP contribution in [0.3, 0.4) is 0 Å². The molecule has 1 aromatic carbocycles. The summed E-state index contributed by atoms with van der Waals surface area (Å²) in [5.74, 6) is 0.371. The van der Waals surface area contributed by atoms with Crippen LogP contribution in [-0.2, 0) is 0 Å². The molecule has 1 atom stereocenters. The van der Waals surface area contributed by atoms with E-state index in [0.717, 1.165) is 5.56 Å². The topological polar surface area (TPSA) is 70.6 Å². The molecule has 6 heteroatoms. The zero-order valence-electron chi connectivity index (χ0n) is 10.6. The summed E-state index contributed by atoms with van der Waals surface area (Å²) in [6.07, 6.45) is 1.13. The van der Waals surface area contributed by atoms with Crippen LogP contribution in [0.1, 0.15) is 31.4 Å². The van der Waals surface area contributed by atoms with Gasteiger partial charge in [-0.3, -0.25) is 0 Å². The molecule has 4 nitrogen and oxygen atoms in total. The molecule has 19 heavy (non-hydrogen) atoms. The fourth-order valence-corrected chi connectivity index (χ4v) is 2.62. The minimum Gasteiger partial charge on any atom is -0.393 e. The number of hydrogen-bond donors (Lipinski definition) is 3. The Morgan fingerprint density at radius 3 is 2.74 bits per heavy atom. The van der Waals surface area contributed by atoms with Crippen LogP contribution in [-0.4, -0.2) is 23.2 Å². The van der Waals surface area contributed by atoms with Gasteiger partial charge in [-0.15, -0.1) is 0 Å². The number of benzene rings is 1. The van der Waals surface area contributed by atoms with E-state index < -0.39 is 0 Å². The van der Waals surface area contributed by atoms with Gasteiger partial charge in [0.25, 0.3) is 0 Å². The molecule has 0 spiro atoms. The van der Waals surface area contributed by atoms with Crippen molar-refractivity contribution in [2.75, 3.05) is 0 Å². The van der Waals surface area contributed by atoms with E-state index in [9.17, 15) is 5.11 Å². The molecular weight excluding hydrogens is 285 g/mol. The Labute approximate surface area is 122 Å². The molecule has 1 saturated carbocycles. The van der Waals surface area contributed by atoms with Gasteiger partial charge in [0.05, 0.1) is 18.2 Å². The molecule has 0 amide bonds. The van der Waals surface area contributed by atoms with Crippen molar-refractivity contribution < 1.29 is 5.11 Å². The van der Waals surface area contributed by atoms with Crippen LogP contribution in [0.4, 0.5) is 0 Å². The number of aliphatic imine (C=N–C) groups is 1.